The molecule has 0 saturated carbocycles. The molecule has 0 fully saturated rings. The first-order valence-electron chi connectivity index (χ1n) is 6.26. The highest BCUT2D eigenvalue weighted by Gasteiger charge is 2.12. The number of hydrogen-bond acceptors (Lipinski definition) is 2. The molecule has 0 aliphatic carbocycles. The fraction of sp³-hybridized carbons (Fsp3) is 0.400. The van der Waals surface area contributed by atoms with E-state index in [2.05, 4.69) is 47.7 Å². The Bertz CT molecular complexity index is 469. The van der Waals surface area contributed by atoms with E-state index in [0.717, 1.165) is 21.3 Å². The van der Waals surface area contributed by atoms with Crippen molar-refractivity contribution < 1.29 is 9.53 Å². The molecule has 0 bridgehead atoms. The molecular formula is C15H20BrNO2. The lowest BCUT2D eigenvalue weighted by Crippen LogP contribution is -2.29. The maximum absolute atomic E-state index is 11.5. The predicted molar refractivity (Wildman–Crippen MR) is 81.7 cm³/mol. The molecule has 0 heterocycles. The highest BCUT2D eigenvalue weighted by atomic mass is 79.9. The number of halogens is 1. The number of benzene rings is 1. The quantitative estimate of drug-likeness (QED) is 0.812. The van der Waals surface area contributed by atoms with Crippen molar-refractivity contribution in [3.05, 3.63) is 40.4 Å². The van der Waals surface area contributed by atoms with Crippen LogP contribution in [-0.2, 0) is 4.79 Å². The summed E-state index contributed by atoms with van der Waals surface area (Å²) in [7, 11) is 0. The van der Waals surface area contributed by atoms with Gasteiger partial charge in [0.1, 0.15) is 5.75 Å². The Labute approximate surface area is 123 Å². The van der Waals surface area contributed by atoms with Crippen molar-refractivity contribution in [3.63, 3.8) is 0 Å². The van der Waals surface area contributed by atoms with Crippen LogP contribution in [-0.4, -0.2) is 19.1 Å². The summed E-state index contributed by atoms with van der Waals surface area (Å²) in [6, 6.07) is 4.01. The number of hydrogen-bond donors (Lipinski definition) is 1. The lowest BCUT2D eigenvalue weighted by molar-refractivity contribution is -0.122. The second kappa shape index (κ2) is 7.34. The van der Waals surface area contributed by atoms with Gasteiger partial charge < -0.3 is 10.1 Å². The van der Waals surface area contributed by atoms with Gasteiger partial charge >= 0.3 is 0 Å². The first kappa shape index (κ1) is 15.8. The van der Waals surface area contributed by atoms with Crippen LogP contribution in [0.1, 0.15) is 30.9 Å². The van der Waals surface area contributed by atoms with E-state index < -0.39 is 0 Å². The van der Waals surface area contributed by atoms with Gasteiger partial charge in [0.15, 0.2) is 6.61 Å². The molecule has 0 saturated heterocycles. The van der Waals surface area contributed by atoms with Crippen LogP contribution < -0.4 is 10.1 Å². The van der Waals surface area contributed by atoms with Crippen molar-refractivity contribution in [2.24, 2.45) is 0 Å². The van der Waals surface area contributed by atoms with Crippen molar-refractivity contribution in [2.45, 2.75) is 26.7 Å². The Kier molecular flexibility index (Phi) is 6.09. The average molecular weight is 326 g/mol. The van der Waals surface area contributed by atoms with Crippen LogP contribution in [0, 0.1) is 6.92 Å². The van der Waals surface area contributed by atoms with Crippen molar-refractivity contribution in [3.8, 4) is 5.75 Å². The first-order valence-corrected chi connectivity index (χ1v) is 7.05. The van der Waals surface area contributed by atoms with E-state index in [0.29, 0.717) is 12.5 Å². The molecule has 1 amide bonds. The molecule has 4 heteroatoms. The van der Waals surface area contributed by atoms with E-state index in [4.69, 9.17) is 4.74 Å². The van der Waals surface area contributed by atoms with Crippen molar-refractivity contribution in [2.75, 3.05) is 13.2 Å². The molecule has 1 aromatic rings. The Hall–Kier alpha value is -1.29. The highest BCUT2D eigenvalue weighted by molar-refractivity contribution is 9.10. The first-order chi connectivity index (χ1) is 8.95. The molecule has 1 N–H and O–H groups in total. The Morgan fingerprint density at radius 1 is 1.53 bits per heavy atom. The van der Waals surface area contributed by atoms with E-state index in [1.165, 1.54) is 0 Å². The third-order valence-electron chi connectivity index (χ3n) is 2.72. The fourth-order valence-electron chi connectivity index (χ4n) is 1.63. The molecule has 0 unspecified atom stereocenters. The van der Waals surface area contributed by atoms with Gasteiger partial charge in [0, 0.05) is 11.0 Å². The van der Waals surface area contributed by atoms with E-state index in [-0.39, 0.29) is 12.5 Å². The minimum absolute atomic E-state index is 0.0225. The smallest absolute Gasteiger partial charge is 0.258 e. The Morgan fingerprint density at radius 2 is 2.21 bits per heavy atom. The minimum atomic E-state index is -0.143. The topological polar surface area (TPSA) is 38.3 Å². The van der Waals surface area contributed by atoms with Gasteiger partial charge in [-0.1, -0.05) is 35.9 Å². The molecule has 0 radical (unpaired) electrons. The molecule has 1 aromatic carbocycles. The van der Waals surface area contributed by atoms with Gasteiger partial charge in [-0.25, -0.2) is 0 Å². The summed E-state index contributed by atoms with van der Waals surface area (Å²) < 4.78 is 6.68. The molecule has 0 atom stereocenters. The molecular weight excluding hydrogens is 306 g/mol. The van der Waals surface area contributed by atoms with Gasteiger partial charge in [-0.15, -0.1) is 6.58 Å². The molecule has 19 heavy (non-hydrogen) atoms. The summed E-state index contributed by atoms with van der Waals surface area (Å²) in [6.07, 6.45) is 1.64. The fourth-order valence-corrected chi connectivity index (χ4v) is 1.99. The summed E-state index contributed by atoms with van der Waals surface area (Å²) in [5.41, 5.74) is 2.18. The number of ether oxygens (including phenoxy) is 1. The minimum Gasteiger partial charge on any atom is -0.483 e. The lowest BCUT2D eigenvalue weighted by Gasteiger charge is -2.15. The van der Waals surface area contributed by atoms with Crippen LogP contribution >= 0.6 is 15.9 Å². The largest absolute Gasteiger partial charge is 0.483 e. The number of aryl methyl sites for hydroxylation is 1. The zero-order valence-corrected chi connectivity index (χ0v) is 13.2. The van der Waals surface area contributed by atoms with Gasteiger partial charge in [0.2, 0.25) is 0 Å². The number of nitrogens with one attached hydrogen (secondary N) is 1. The van der Waals surface area contributed by atoms with Crippen LogP contribution in [0.5, 0.6) is 5.75 Å². The highest BCUT2D eigenvalue weighted by Crippen LogP contribution is 2.32. The maximum Gasteiger partial charge on any atom is 0.258 e. The Morgan fingerprint density at radius 3 is 2.79 bits per heavy atom. The van der Waals surface area contributed by atoms with Crippen molar-refractivity contribution >= 4 is 21.8 Å². The van der Waals surface area contributed by atoms with Crippen molar-refractivity contribution in [1.29, 1.82) is 0 Å². The molecule has 3 nitrogen and oxygen atoms in total. The SMILES string of the molecule is C=CCNC(=O)COc1cc(C)c(Br)cc1C(C)C. The van der Waals surface area contributed by atoms with Gasteiger partial charge in [-0.2, -0.15) is 0 Å². The average Bonchev–Trinajstić information content (AvgIpc) is 2.36. The standard InChI is InChI=1S/C15H20BrNO2/c1-5-6-17-15(18)9-19-14-7-11(4)13(16)8-12(14)10(2)3/h5,7-8,10H,1,6,9H2,2-4H3,(H,17,18). The second-order valence-electron chi connectivity index (χ2n) is 4.68. The third kappa shape index (κ3) is 4.71. The normalized spacial score (nSPS) is 10.4. The Balaban J connectivity index is 2.79. The summed E-state index contributed by atoms with van der Waals surface area (Å²) in [6.45, 7) is 10.2. The second-order valence-corrected chi connectivity index (χ2v) is 5.53. The molecule has 1 rings (SSSR count). The summed E-state index contributed by atoms with van der Waals surface area (Å²) in [5.74, 6) is 0.961. The molecule has 104 valence electrons. The van der Waals surface area contributed by atoms with Gasteiger partial charge in [0.25, 0.3) is 5.91 Å². The van der Waals surface area contributed by atoms with Crippen LogP contribution in [0.4, 0.5) is 0 Å². The summed E-state index contributed by atoms with van der Waals surface area (Å²) in [5, 5.41) is 2.69. The van der Waals surface area contributed by atoms with E-state index in [9.17, 15) is 4.79 Å². The molecule has 0 aliphatic heterocycles. The summed E-state index contributed by atoms with van der Waals surface area (Å²) >= 11 is 3.52. The third-order valence-corrected chi connectivity index (χ3v) is 3.57. The maximum atomic E-state index is 11.5. The van der Waals surface area contributed by atoms with Crippen LogP contribution in [0.25, 0.3) is 0 Å². The molecule has 0 aliphatic rings. The lowest BCUT2D eigenvalue weighted by atomic mass is 10.0. The van der Waals surface area contributed by atoms with Gasteiger partial charge in [-0.05, 0) is 36.1 Å². The van der Waals surface area contributed by atoms with Crippen LogP contribution in [0.3, 0.4) is 0 Å². The van der Waals surface area contributed by atoms with Crippen LogP contribution in [0.2, 0.25) is 0 Å². The van der Waals surface area contributed by atoms with Crippen molar-refractivity contribution in [1.82, 2.24) is 5.32 Å². The van der Waals surface area contributed by atoms with E-state index in [1.54, 1.807) is 6.08 Å². The van der Waals surface area contributed by atoms with E-state index in [1.807, 2.05) is 13.0 Å². The predicted octanol–water partition coefficient (Wildman–Crippen LogP) is 3.56. The van der Waals surface area contributed by atoms with Crippen LogP contribution in [0.15, 0.2) is 29.3 Å². The van der Waals surface area contributed by atoms with E-state index >= 15 is 0 Å². The van der Waals surface area contributed by atoms with Gasteiger partial charge in [-0.3, -0.25) is 4.79 Å². The zero-order chi connectivity index (χ0) is 14.4. The van der Waals surface area contributed by atoms with Gasteiger partial charge in [0.05, 0.1) is 0 Å². The number of amides is 1. The molecule has 0 spiro atoms. The zero-order valence-electron chi connectivity index (χ0n) is 11.6. The number of carbonyl (C=O) groups is 1. The molecule has 0 aromatic heterocycles. The number of rotatable bonds is 6. The number of carbonyl (C=O) groups excluding carboxylic acids is 1. The summed E-state index contributed by atoms with van der Waals surface area (Å²) in [4.78, 5) is 11.5. The monoisotopic (exact) mass is 325 g/mol.